The summed E-state index contributed by atoms with van der Waals surface area (Å²) in [5, 5.41) is 18.5. The lowest BCUT2D eigenvalue weighted by atomic mass is 9.72. The molecule has 2 aliphatic carbocycles. The second-order valence-corrected chi connectivity index (χ2v) is 23.8. The molecule has 4 aromatic rings. The van der Waals surface area contributed by atoms with Crippen molar-refractivity contribution in [3.8, 4) is 22.5 Å². The first-order chi connectivity index (χ1) is 35.0. The lowest BCUT2D eigenvalue weighted by molar-refractivity contribution is -0.155. The number of hydrogen-bond donors (Lipinski definition) is 3. The minimum atomic E-state index is -1.07. The molecular formula is C55H76N10O7S. The standard InChI is InChI=1S/C55H76N10O7S/c1-9-63-45-16-13-35-24-39(45)41(49(63)40-25-37(30-56-47(40)34(4)71-8)62-22-20-61(21-23-62)36-14-15-36)29-54(5,6)32-72-52(69)42-12-10-19-65(59-42)51(68)43(26-46-57-44(35)31-73-46)58-50(67)48(33(2)3)60(7)53(70)64-18-11-17-55(64)27-38(66)28-55/h13,16,24-25,30-31,33-34,36,38,42-43,48,59,66H,9-12,14-15,17-23,26-29,32H2,1-8H3,(H,58,67)/t34-,38?,42-,43-,48-,55?/m0/s1. The van der Waals surface area contributed by atoms with E-state index in [4.69, 9.17) is 19.4 Å². The van der Waals surface area contributed by atoms with Gasteiger partial charge in [0.05, 0.1) is 52.8 Å². The van der Waals surface area contributed by atoms with Gasteiger partial charge in [0.15, 0.2) is 0 Å². The van der Waals surface area contributed by atoms with Gasteiger partial charge in [-0.25, -0.2) is 15.2 Å². The number of ether oxygens (including phenoxy) is 2. The molecule has 1 aromatic carbocycles. The summed E-state index contributed by atoms with van der Waals surface area (Å²) in [5.74, 6) is -1.58. The first-order valence-electron chi connectivity index (χ1n) is 26.9. The number of aliphatic hydroxyl groups excluding tert-OH is 1. The number of hydrazine groups is 1. The van der Waals surface area contributed by atoms with Gasteiger partial charge in [-0.3, -0.25) is 29.3 Å². The van der Waals surface area contributed by atoms with Crippen molar-refractivity contribution in [1.82, 2.24) is 45.0 Å². The fourth-order valence-corrected chi connectivity index (χ4v) is 13.4. The maximum atomic E-state index is 14.8. The highest BCUT2D eigenvalue weighted by molar-refractivity contribution is 7.10. The van der Waals surface area contributed by atoms with Crippen molar-refractivity contribution in [2.24, 2.45) is 11.3 Å². The molecule has 73 heavy (non-hydrogen) atoms. The molecule has 18 heteroatoms. The van der Waals surface area contributed by atoms with E-state index in [0.29, 0.717) is 56.7 Å². The summed E-state index contributed by atoms with van der Waals surface area (Å²) < 4.78 is 14.6. The van der Waals surface area contributed by atoms with Crippen molar-refractivity contribution >= 4 is 51.7 Å². The van der Waals surface area contributed by atoms with Crippen molar-refractivity contribution in [2.75, 3.05) is 64.9 Å². The summed E-state index contributed by atoms with van der Waals surface area (Å²) in [6.07, 6.45) is 8.33. The molecule has 0 unspecified atom stereocenters. The number of fused-ring (bicyclic) bond motifs is 6. The van der Waals surface area contributed by atoms with E-state index in [1.165, 1.54) is 34.1 Å². The number of esters is 1. The number of nitrogens with zero attached hydrogens (tertiary/aromatic N) is 8. The average molecular weight is 1020 g/mol. The van der Waals surface area contributed by atoms with E-state index in [9.17, 15) is 24.3 Å². The average Bonchev–Trinajstić information content (AvgIpc) is 3.84. The second-order valence-electron chi connectivity index (χ2n) is 22.8. The molecule has 394 valence electrons. The van der Waals surface area contributed by atoms with Crippen LogP contribution in [0.4, 0.5) is 10.5 Å². The Hall–Kier alpha value is -5.14. The third-order valence-electron chi connectivity index (χ3n) is 16.6. The number of pyridine rings is 1. The summed E-state index contributed by atoms with van der Waals surface area (Å²) in [7, 11) is 3.38. The molecule has 0 radical (unpaired) electrons. The van der Waals surface area contributed by atoms with Crippen LogP contribution in [0.3, 0.4) is 0 Å². The number of carbonyl (C=O) groups is 4. The highest BCUT2D eigenvalue weighted by Gasteiger charge is 2.53. The molecular weight excluding hydrogens is 945 g/mol. The minimum absolute atomic E-state index is 0.0929. The Morgan fingerprint density at radius 3 is 2.51 bits per heavy atom. The van der Waals surface area contributed by atoms with E-state index in [-0.39, 0.29) is 36.6 Å². The number of likely N-dealkylation sites (N-methyl/N-ethyl adjacent to an activating group) is 1. The molecule has 4 amide bonds. The van der Waals surface area contributed by atoms with Gasteiger partial charge in [-0.2, -0.15) is 0 Å². The normalized spacial score (nSPS) is 25.7. The number of aryl methyl sites for hydroxylation is 1. The van der Waals surface area contributed by atoms with Crippen LogP contribution in [0, 0.1) is 11.3 Å². The number of hydrogen-bond acceptors (Lipinski definition) is 13. The number of aliphatic hydroxyl groups is 1. The van der Waals surface area contributed by atoms with E-state index < -0.39 is 47.4 Å². The monoisotopic (exact) mass is 1020 g/mol. The molecule has 6 bridgehead atoms. The van der Waals surface area contributed by atoms with Crippen LogP contribution in [0.2, 0.25) is 0 Å². The summed E-state index contributed by atoms with van der Waals surface area (Å²) in [5.41, 5.74) is 10.2. The number of benzene rings is 1. The fraction of sp³-hybridized carbons (Fsp3) is 0.636. The van der Waals surface area contributed by atoms with Gasteiger partial charge in [-0.05, 0) is 101 Å². The number of cyclic esters (lactones) is 1. The predicted octanol–water partition coefficient (Wildman–Crippen LogP) is 6.55. The first-order valence-corrected chi connectivity index (χ1v) is 27.7. The highest BCUT2D eigenvalue weighted by Crippen LogP contribution is 2.47. The molecule has 2 saturated carbocycles. The number of urea groups is 1. The zero-order chi connectivity index (χ0) is 51.5. The molecule has 1 spiro atoms. The maximum Gasteiger partial charge on any atom is 0.324 e. The number of nitrogens with one attached hydrogen (secondary N) is 2. The van der Waals surface area contributed by atoms with Gasteiger partial charge in [0.25, 0.3) is 5.91 Å². The lowest BCUT2D eigenvalue weighted by Crippen LogP contribution is -2.64. The smallest absolute Gasteiger partial charge is 0.324 e. The number of rotatable bonds is 10. The van der Waals surface area contributed by atoms with Crippen molar-refractivity contribution < 1.29 is 33.8 Å². The molecule has 5 fully saturated rings. The second kappa shape index (κ2) is 20.5. The Labute approximate surface area is 433 Å². The van der Waals surface area contributed by atoms with Crippen LogP contribution in [-0.4, -0.2) is 159 Å². The Balaban J connectivity index is 1.02. The number of carbonyl (C=O) groups excluding carboxylic acids is 4. The number of amides is 4. The van der Waals surface area contributed by atoms with Crippen LogP contribution in [0.1, 0.15) is 115 Å². The molecule has 3 aromatic heterocycles. The highest BCUT2D eigenvalue weighted by atomic mass is 32.1. The van der Waals surface area contributed by atoms with Crippen LogP contribution < -0.4 is 15.6 Å². The maximum absolute atomic E-state index is 14.8. The lowest BCUT2D eigenvalue weighted by Gasteiger charge is -2.50. The molecule has 7 heterocycles. The quantitative estimate of drug-likeness (QED) is 0.146. The number of thiazole rings is 1. The van der Waals surface area contributed by atoms with Crippen molar-refractivity contribution in [2.45, 2.75) is 154 Å². The Morgan fingerprint density at radius 1 is 1.04 bits per heavy atom. The van der Waals surface area contributed by atoms with E-state index in [1.807, 2.05) is 37.2 Å². The summed E-state index contributed by atoms with van der Waals surface area (Å²) in [6, 6.07) is 6.56. The molecule has 17 nitrogen and oxygen atoms in total. The number of piperazine rings is 1. The van der Waals surface area contributed by atoms with Crippen LogP contribution >= 0.6 is 11.3 Å². The van der Waals surface area contributed by atoms with Crippen LogP contribution in [0.25, 0.3) is 33.4 Å². The number of aromatic nitrogens is 3. The predicted molar refractivity (Wildman–Crippen MR) is 282 cm³/mol. The summed E-state index contributed by atoms with van der Waals surface area (Å²) in [4.78, 5) is 76.5. The zero-order valence-corrected chi connectivity index (χ0v) is 44.9. The third-order valence-corrected chi connectivity index (χ3v) is 17.5. The van der Waals surface area contributed by atoms with Crippen molar-refractivity contribution in [3.63, 3.8) is 0 Å². The Morgan fingerprint density at radius 2 is 1.81 bits per heavy atom. The van der Waals surface area contributed by atoms with Crippen LogP contribution in [0.15, 0.2) is 35.8 Å². The van der Waals surface area contributed by atoms with E-state index in [2.05, 4.69) is 70.1 Å². The van der Waals surface area contributed by atoms with Crippen molar-refractivity contribution in [3.05, 3.63) is 52.1 Å². The molecule has 10 rings (SSSR count). The number of anilines is 1. The SMILES string of the molecule is CCn1c(-c2cc(N3CCN(C4CC4)CC3)cnc2[C@H](C)OC)c2c3cc(ccc31)-c1csc(n1)C[C@H](NC(=O)[C@H](C(C)C)N(C)C(=O)N1CCCC13CC(O)C3)C(=O)N1CCC[C@H](N1)C(=O)OCC(C)(C)C2. The summed E-state index contributed by atoms with van der Waals surface area (Å²) >= 11 is 1.43. The van der Waals surface area contributed by atoms with Crippen LogP contribution in [-0.2, 0) is 43.2 Å². The van der Waals surface area contributed by atoms with E-state index >= 15 is 0 Å². The molecule has 4 atom stereocenters. The topological polar surface area (TPSA) is 178 Å². The van der Waals surface area contributed by atoms with Crippen molar-refractivity contribution in [1.29, 1.82) is 0 Å². The first kappa shape index (κ1) is 51.4. The van der Waals surface area contributed by atoms with Crippen LogP contribution in [0.5, 0.6) is 0 Å². The molecule has 6 aliphatic rings. The Kier molecular flexibility index (Phi) is 14.4. The van der Waals surface area contributed by atoms with Gasteiger partial charge in [0.2, 0.25) is 5.91 Å². The number of methoxy groups -OCH3 is 1. The molecule has 3 saturated heterocycles. The third kappa shape index (κ3) is 10.1. The number of likely N-dealkylation sites (tertiary alicyclic amines) is 1. The van der Waals surface area contributed by atoms with Gasteiger partial charge >= 0.3 is 12.0 Å². The Bertz CT molecular complexity index is 2720. The van der Waals surface area contributed by atoms with E-state index in [1.54, 1.807) is 14.2 Å². The van der Waals surface area contributed by atoms with Gasteiger partial charge in [-0.1, -0.05) is 33.8 Å². The summed E-state index contributed by atoms with van der Waals surface area (Å²) in [6.45, 7) is 18.0. The molecule has 3 N–H and O–H groups in total. The van der Waals surface area contributed by atoms with Gasteiger partial charge in [0, 0.05) is 111 Å². The largest absolute Gasteiger partial charge is 0.464 e. The van der Waals surface area contributed by atoms with Gasteiger partial charge < -0.3 is 39.2 Å². The molecule has 4 aliphatic heterocycles. The van der Waals surface area contributed by atoms with Gasteiger partial charge in [0.1, 0.15) is 18.1 Å². The zero-order valence-electron chi connectivity index (χ0n) is 44.1. The fourth-order valence-electron chi connectivity index (χ4n) is 12.5. The van der Waals surface area contributed by atoms with E-state index in [0.717, 1.165) is 95.4 Å². The van der Waals surface area contributed by atoms with Gasteiger partial charge in [-0.15, -0.1) is 11.3 Å². The minimum Gasteiger partial charge on any atom is -0.464 e.